The first-order valence-corrected chi connectivity index (χ1v) is 5.50. The zero-order valence-corrected chi connectivity index (χ0v) is 9.75. The quantitative estimate of drug-likeness (QED) is 0.748. The van der Waals surface area contributed by atoms with Gasteiger partial charge in [0.15, 0.2) is 5.58 Å². The van der Waals surface area contributed by atoms with Crippen molar-refractivity contribution in [2.45, 2.75) is 0 Å². The van der Waals surface area contributed by atoms with Crippen LogP contribution in [0.4, 0.5) is 0 Å². The molecule has 0 fully saturated rings. The Morgan fingerprint density at radius 3 is 2.61 bits per heavy atom. The van der Waals surface area contributed by atoms with Gasteiger partial charge in [0.2, 0.25) is 5.89 Å². The molecule has 0 radical (unpaired) electrons. The topological polar surface area (TPSA) is 55.5 Å². The van der Waals surface area contributed by atoms with E-state index in [1.165, 1.54) is 0 Å². The van der Waals surface area contributed by atoms with Crippen molar-refractivity contribution in [1.82, 2.24) is 4.98 Å². The van der Waals surface area contributed by atoms with Gasteiger partial charge in [0.25, 0.3) is 0 Å². The average Bonchev–Trinajstić information content (AvgIpc) is 2.82. The van der Waals surface area contributed by atoms with Crippen LogP contribution in [0.25, 0.3) is 22.6 Å². The third-order valence-electron chi connectivity index (χ3n) is 2.71. The van der Waals surface area contributed by atoms with Crippen LogP contribution >= 0.6 is 0 Å². The second kappa shape index (κ2) is 4.07. The minimum atomic E-state index is 0.219. The van der Waals surface area contributed by atoms with Crippen LogP contribution in [0.2, 0.25) is 0 Å². The van der Waals surface area contributed by atoms with Crippen LogP contribution in [0.3, 0.4) is 0 Å². The number of fused-ring (bicyclic) bond motifs is 1. The molecule has 2 aromatic carbocycles. The molecule has 0 aliphatic rings. The Morgan fingerprint density at radius 2 is 1.89 bits per heavy atom. The van der Waals surface area contributed by atoms with Gasteiger partial charge in [0, 0.05) is 11.6 Å². The standard InChI is InChI=1S/C14H11NO3/c1-17-11-6-7-13-12(8-11)15-14(18-13)9-2-4-10(16)5-3-9/h2-8,16H,1H3. The molecule has 1 aromatic heterocycles. The fourth-order valence-corrected chi connectivity index (χ4v) is 1.76. The maximum absolute atomic E-state index is 9.24. The Labute approximate surface area is 103 Å². The number of oxazole rings is 1. The Morgan fingerprint density at radius 1 is 1.11 bits per heavy atom. The molecule has 0 aliphatic carbocycles. The lowest BCUT2D eigenvalue weighted by Gasteiger charge is -1.95. The van der Waals surface area contributed by atoms with Crippen LogP contribution in [-0.4, -0.2) is 17.2 Å². The van der Waals surface area contributed by atoms with Crippen LogP contribution in [-0.2, 0) is 0 Å². The highest BCUT2D eigenvalue weighted by atomic mass is 16.5. The number of phenols is 1. The summed E-state index contributed by atoms with van der Waals surface area (Å²) in [5, 5.41) is 9.24. The second-order valence-electron chi connectivity index (χ2n) is 3.90. The first-order valence-electron chi connectivity index (χ1n) is 5.50. The maximum Gasteiger partial charge on any atom is 0.227 e. The van der Waals surface area contributed by atoms with Gasteiger partial charge in [-0.25, -0.2) is 4.98 Å². The number of benzene rings is 2. The molecule has 4 heteroatoms. The van der Waals surface area contributed by atoms with E-state index in [0.29, 0.717) is 11.5 Å². The molecule has 0 unspecified atom stereocenters. The van der Waals surface area contributed by atoms with E-state index in [2.05, 4.69) is 4.98 Å². The van der Waals surface area contributed by atoms with Crippen molar-refractivity contribution in [1.29, 1.82) is 0 Å². The fourth-order valence-electron chi connectivity index (χ4n) is 1.76. The van der Waals surface area contributed by atoms with E-state index in [0.717, 1.165) is 16.8 Å². The summed E-state index contributed by atoms with van der Waals surface area (Å²) in [6, 6.07) is 12.2. The van der Waals surface area contributed by atoms with E-state index in [-0.39, 0.29) is 5.75 Å². The van der Waals surface area contributed by atoms with Crippen LogP contribution in [0, 0.1) is 0 Å². The molecule has 0 spiro atoms. The van der Waals surface area contributed by atoms with Crippen molar-refractivity contribution in [3.63, 3.8) is 0 Å². The molecule has 0 saturated heterocycles. The van der Waals surface area contributed by atoms with Gasteiger partial charge >= 0.3 is 0 Å². The van der Waals surface area contributed by atoms with Gasteiger partial charge in [0.1, 0.15) is 17.0 Å². The second-order valence-corrected chi connectivity index (χ2v) is 3.90. The minimum Gasteiger partial charge on any atom is -0.508 e. The highest BCUT2D eigenvalue weighted by Crippen LogP contribution is 2.27. The maximum atomic E-state index is 9.24. The Kier molecular flexibility index (Phi) is 2.41. The number of hydrogen-bond donors (Lipinski definition) is 1. The normalized spacial score (nSPS) is 10.7. The van der Waals surface area contributed by atoms with Gasteiger partial charge in [-0.3, -0.25) is 0 Å². The van der Waals surface area contributed by atoms with Crippen LogP contribution in [0.15, 0.2) is 46.9 Å². The number of aromatic hydroxyl groups is 1. The lowest BCUT2D eigenvalue weighted by atomic mass is 10.2. The third-order valence-corrected chi connectivity index (χ3v) is 2.71. The van der Waals surface area contributed by atoms with E-state index < -0.39 is 0 Å². The van der Waals surface area contributed by atoms with E-state index >= 15 is 0 Å². The number of hydrogen-bond acceptors (Lipinski definition) is 4. The number of rotatable bonds is 2. The molecule has 0 amide bonds. The molecular weight excluding hydrogens is 230 g/mol. The Bertz CT molecular complexity index is 686. The molecule has 1 N–H and O–H groups in total. The molecule has 0 atom stereocenters. The lowest BCUT2D eigenvalue weighted by molar-refractivity contribution is 0.415. The number of methoxy groups -OCH3 is 1. The summed E-state index contributed by atoms with van der Waals surface area (Å²) in [4.78, 5) is 4.39. The predicted molar refractivity (Wildman–Crippen MR) is 67.7 cm³/mol. The number of ether oxygens (including phenoxy) is 1. The third kappa shape index (κ3) is 1.78. The smallest absolute Gasteiger partial charge is 0.227 e. The average molecular weight is 241 g/mol. The van der Waals surface area contributed by atoms with E-state index in [1.807, 2.05) is 18.2 Å². The SMILES string of the molecule is COc1ccc2oc(-c3ccc(O)cc3)nc2c1. The Hall–Kier alpha value is -2.49. The zero-order valence-electron chi connectivity index (χ0n) is 9.75. The first kappa shape index (κ1) is 10.7. The number of phenolic OH excluding ortho intramolecular Hbond substituents is 1. The van der Waals surface area contributed by atoms with E-state index in [4.69, 9.17) is 9.15 Å². The summed E-state index contributed by atoms with van der Waals surface area (Å²) < 4.78 is 10.8. The molecular formula is C14H11NO3. The van der Waals surface area contributed by atoms with Gasteiger partial charge in [0.05, 0.1) is 7.11 Å². The zero-order chi connectivity index (χ0) is 12.5. The minimum absolute atomic E-state index is 0.219. The summed E-state index contributed by atoms with van der Waals surface area (Å²) in [6.45, 7) is 0. The molecule has 18 heavy (non-hydrogen) atoms. The number of aromatic nitrogens is 1. The van der Waals surface area contributed by atoms with Crippen molar-refractivity contribution in [2.24, 2.45) is 0 Å². The van der Waals surface area contributed by atoms with Gasteiger partial charge in [-0.1, -0.05) is 0 Å². The van der Waals surface area contributed by atoms with Crippen molar-refractivity contribution < 1.29 is 14.3 Å². The Balaban J connectivity index is 2.10. The largest absolute Gasteiger partial charge is 0.508 e. The van der Waals surface area contributed by atoms with Crippen LogP contribution in [0.1, 0.15) is 0 Å². The van der Waals surface area contributed by atoms with Gasteiger partial charge < -0.3 is 14.3 Å². The van der Waals surface area contributed by atoms with Crippen molar-refractivity contribution >= 4 is 11.1 Å². The molecule has 0 bridgehead atoms. The van der Waals surface area contributed by atoms with Crippen molar-refractivity contribution in [2.75, 3.05) is 7.11 Å². The summed E-state index contributed by atoms with van der Waals surface area (Å²) in [5.74, 6) is 1.49. The molecule has 0 aliphatic heterocycles. The van der Waals surface area contributed by atoms with Crippen LogP contribution < -0.4 is 4.74 Å². The van der Waals surface area contributed by atoms with Gasteiger partial charge in [-0.05, 0) is 36.4 Å². The lowest BCUT2D eigenvalue weighted by Crippen LogP contribution is -1.81. The summed E-state index contributed by atoms with van der Waals surface area (Å²) in [7, 11) is 1.61. The fraction of sp³-hybridized carbons (Fsp3) is 0.0714. The van der Waals surface area contributed by atoms with Gasteiger partial charge in [-0.15, -0.1) is 0 Å². The summed E-state index contributed by atoms with van der Waals surface area (Å²) >= 11 is 0. The monoisotopic (exact) mass is 241 g/mol. The highest BCUT2D eigenvalue weighted by Gasteiger charge is 2.08. The van der Waals surface area contributed by atoms with Crippen LogP contribution in [0.5, 0.6) is 11.5 Å². The van der Waals surface area contributed by atoms with E-state index in [1.54, 1.807) is 31.4 Å². The van der Waals surface area contributed by atoms with Gasteiger partial charge in [-0.2, -0.15) is 0 Å². The van der Waals surface area contributed by atoms with E-state index in [9.17, 15) is 5.11 Å². The molecule has 3 rings (SSSR count). The number of nitrogens with zero attached hydrogens (tertiary/aromatic N) is 1. The molecule has 3 aromatic rings. The molecule has 90 valence electrons. The predicted octanol–water partition coefficient (Wildman–Crippen LogP) is 3.21. The molecule has 0 saturated carbocycles. The molecule has 4 nitrogen and oxygen atoms in total. The first-order chi connectivity index (χ1) is 8.76. The molecule has 1 heterocycles. The summed E-state index contributed by atoms with van der Waals surface area (Å²) in [5.41, 5.74) is 2.28. The highest BCUT2D eigenvalue weighted by molar-refractivity contribution is 5.77. The summed E-state index contributed by atoms with van der Waals surface area (Å²) in [6.07, 6.45) is 0. The van der Waals surface area contributed by atoms with Crippen molar-refractivity contribution in [3.05, 3.63) is 42.5 Å². The van der Waals surface area contributed by atoms with Crippen molar-refractivity contribution in [3.8, 4) is 23.0 Å².